The molecule has 17 atom stereocenters. The molecule has 8 rings (SSSR count). The molecule has 0 bridgehead atoms. The molecular formula is C62H81N10O18S3+. The zero-order valence-corrected chi connectivity index (χ0v) is 54.0. The third-order valence-electron chi connectivity index (χ3n) is 16.0. The number of aliphatic hydroxyl groups excluding tert-OH is 8. The Kier molecular flexibility index (Phi) is 25.5. The van der Waals surface area contributed by atoms with Crippen LogP contribution >= 0.6 is 22.7 Å². The van der Waals surface area contributed by atoms with Crippen molar-refractivity contribution in [3.05, 3.63) is 147 Å². The zero-order valence-electron chi connectivity index (χ0n) is 51.6. The van der Waals surface area contributed by atoms with Crippen LogP contribution in [0.4, 0.5) is 4.79 Å². The van der Waals surface area contributed by atoms with E-state index in [2.05, 4.69) is 43.7 Å². The fraction of sp³-hybridized carbons (Fsp3) is 0.484. The summed E-state index contributed by atoms with van der Waals surface area (Å²) in [5.41, 5.74) is 14.0. The Bertz CT molecular complexity index is 3290. The van der Waals surface area contributed by atoms with Crippen molar-refractivity contribution in [2.75, 3.05) is 44.6 Å². The highest BCUT2D eigenvalue weighted by Crippen LogP contribution is 2.42. The second kappa shape index (κ2) is 33.0. The van der Waals surface area contributed by atoms with E-state index in [1.54, 1.807) is 21.5 Å². The van der Waals surface area contributed by atoms with E-state index in [0.717, 1.165) is 28.9 Å². The van der Waals surface area contributed by atoms with Gasteiger partial charge in [-0.05, 0) is 41.4 Å². The van der Waals surface area contributed by atoms with Gasteiger partial charge in [0.2, 0.25) is 17.7 Å². The summed E-state index contributed by atoms with van der Waals surface area (Å²) in [4.78, 5) is 80.6. The van der Waals surface area contributed by atoms with Crippen molar-refractivity contribution in [3.63, 3.8) is 0 Å². The summed E-state index contributed by atoms with van der Waals surface area (Å²) in [5, 5.41) is 104. The highest BCUT2D eigenvalue weighted by molar-refractivity contribution is 7.95. The predicted molar refractivity (Wildman–Crippen MR) is 341 cm³/mol. The van der Waals surface area contributed by atoms with Gasteiger partial charge in [-0.25, -0.2) is 19.7 Å². The van der Waals surface area contributed by atoms with Crippen molar-refractivity contribution in [1.82, 2.24) is 40.8 Å². The van der Waals surface area contributed by atoms with E-state index in [-0.39, 0.29) is 41.2 Å². The number of ether oxygens (including phenoxy) is 5. The Morgan fingerprint density at radius 3 is 1.91 bits per heavy atom. The van der Waals surface area contributed by atoms with Gasteiger partial charge in [0.05, 0.1) is 66.9 Å². The molecule has 2 saturated heterocycles. The number of rotatable bonds is 30. The Morgan fingerprint density at radius 1 is 0.731 bits per heavy atom. The number of nitrogens with two attached hydrogens (primary N) is 2. The topological polar surface area (TPSA) is 437 Å². The van der Waals surface area contributed by atoms with Gasteiger partial charge in [-0.3, -0.25) is 19.2 Å². The standard InChI is InChI=1S/C62H80N10O18S3/c1-32(54(81)71-45(34(3)75)57(84)66-24-22-43-69-40(30-91-43)58-70-39(29-92-58)55(82)65-23-15-25-93(4)5)46(76)33(2)68-56(83)44(63)51(38-26-72(31-67-38)62(35-16-9-6-10-17-35,36-18-11-7-12-19-36)37-20-13-8-14-21-37)88-60-53(49(79)47(77)41(27-73)87-60)89-59-50(80)52(90-61(64)85)48(78)42(28-74)86-59/h6-14,16-21,26,29-34,41-42,44-53,59-60,73-80H,15,22-25,27-28,63H2,1-5H3,(H5-,64,65,66,68,71,81,82,83,84,85)/p+1/t32-,33+,34+,41-,42+,44-,45-,46-,47+,48+,49-,50-,51-,52-,53-,59+,60-/m0/s1. The number of nitrogens with one attached hydrogen (secondary N) is 4. The van der Waals surface area contributed by atoms with Gasteiger partial charge in [0.1, 0.15) is 88.6 Å². The van der Waals surface area contributed by atoms with Crippen molar-refractivity contribution >= 4 is 63.3 Å². The van der Waals surface area contributed by atoms with Gasteiger partial charge in [0.25, 0.3) is 5.91 Å². The van der Waals surface area contributed by atoms with Crippen molar-refractivity contribution in [1.29, 1.82) is 0 Å². The second-order valence-corrected chi connectivity index (χ2v) is 27.0. The molecule has 0 unspecified atom stereocenters. The Balaban J connectivity index is 1.02. The molecule has 0 radical (unpaired) electrons. The van der Waals surface area contributed by atoms with Gasteiger partial charge in [0, 0.05) is 42.9 Å². The fourth-order valence-corrected chi connectivity index (χ4v) is 13.3. The van der Waals surface area contributed by atoms with Crippen LogP contribution < -0.4 is 32.7 Å². The SMILES string of the molecule is C[C@H](C(=O)N[C@H](C(=O)NCCc1nc(-c2nc(C(=O)NCCC[S+](C)C)cs2)cs1)[C@@H](C)O)[C@H](O)[C@@H](C)NC(=O)[C@@H](N)[C@@H](O[C@@H]1O[C@@H](CO)[C@@H](O)[C@H](O)[C@@H]1O[C@H]1O[C@H](CO)[C@@H](O)[C@H](OC(N)=O)[C@@H]1O)c1cn(C(c2ccccc2)(c2ccccc2)c2ccccc2)cn1. The van der Waals surface area contributed by atoms with Crippen LogP contribution in [0.25, 0.3) is 10.7 Å². The van der Waals surface area contributed by atoms with Crippen molar-refractivity contribution in [2.24, 2.45) is 17.4 Å². The van der Waals surface area contributed by atoms with Crippen LogP contribution in [0.2, 0.25) is 0 Å². The number of imidazole rings is 1. The second-order valence-electron chi connectivity index (χ2n) is 22.8. The number of carbonyl (C=O) groups excluding carboxylic acids is 5. The number of amides is 5. The Morgan fingerprint density at radius 2 is 1.33 bits per heavy atom. The first-order valence-electron chi connectivity index (χ1n) is 29.9. The molecule has 0 aliphatic carbocycles. The number of hydrogen-bond donors (Lipinski definition) is 14. The molecule has 93 heavy (non-hydrogen) atoms. The first kappa shape index (κ1) is 71.9. The Labute approximate surface area is 547 Å². The van der Waals surface area contributed by atoms with E-state index < -0.39 is 146 Å². The highest BCUT2D eigenvalue weighted by Gasteiger charge is 2.54. The van der Waals surface area contributed by atoms with Crippen molar-refractivity contribution in [2.45, 2.75) is 137 Å². The molecule has 0 saturated carbocycles. The first-order valence-corrected chi connectivity index (χ1v) is 33.9. The number of hydrogen-bond acceptors (Lipinski definition) is 24. The number of aromatic nitrogens is 4. The lowest BCUT2D eigenvalue weighted by molar-refractivity contribution is -0.372. The molecule has 3 aromatic heterocycles. The van der Waals surface area contributed by atoms with Gasteiger partial charge in [-0.1, -0.05) is 97.9 Å². The molecule has 31 heteroatoms. The zero-order chi connectivity index (χ0) is 67.3. The van der Waals surface area contributed by atoms with Crippen molar-refractivity contribution in [3.8, 4) is 10.7 Å². The summed E-state index contributed by atoms with van der Waals surface area (Å²) in [7, 11) is 0.277. The smallest absolute Gasteiger partial charge is 0.404 e. The van der Waals surface area contributed by atoms with E-state index in [0.29, 0.717) is 22.3 Å². The fourth-order valence-electron chi connectivity index (χ4n) is 10.9. The minimum absolute atomic E-state index is 0.0568. The third kappa shape index (κ3) is 17.2. The monoisotopic (exact) mass is 1350 g/mol. The molecule has 2 aliphatic rings. The summed E-state index contributed by atoms with van der Waals surface area (Å²) < 4.78 is 31.1. The number of primary amides is 1. The number of benzene rings is 3. The molecule has 504 valence electrons. The van der Waals surface area contributed by atoms with E-state index >= 15 is 0 Å². The van der Waals surface area contributed by atoms with Gasteiger partial charge in [-0.15, -0.1) is 22.7 Å². The maximum absolute atomic E-state index is 14.8. The minimum atomic E-state index is -2.09. The van der Waals surface area contributed by atoms with E-state index in [1.165, 1.54) is 49.8 Å². The third-order valence-corrected chi connectivity index (χ3v) is 18.9. The normalized spacial score (nSPS) is 23.9. The van der Waals surface area contributed by atoms with E-state index in [4.69, 9.17) is 40.1 Å². The van der Waals surface area contributed by atoms with E-state index in [9.17, 15) is 64.8 Å². The summed E-state index contributed by atoms with van der Waals surface area (Å²) >= 11 is 2.60. The lowest BCUT2D eigenvalue weighted by Gasteiger charge is -2.47. The average Bonchev–Trinajstić information content (AvgIpc) is 1.73. The first-order chi connectivity index (χ1) is 44.5. The van der Waals surface area contributed by atoms with Crippen LogP contribution in [0.1, 0.15) is 71.2 Å². The molecular weight excluding hydrogens is 1270 g/mol. The average molecular weight is 1350 g/mol. The summed E-state index contributed by atoms with van der Waals surface area (Å²) in [6, 6.07) is 23.6. The molecule has 6 aromatic rings. The van der Waals surface area contributed by atoms with Gasteiger partial charge >= 0.3 is 6.09 Å². The lowest BCUT2D eigenvalue weighted by Crippen LogP contribution is -2.65. The Hall–Kier alpha value is -6.89. The summed E-state index contributed by atoms with van der Waals surface area (Å²) in [5.74, 6) is -3.26. The maximum atomic E-state index is 14.8. The molecule has 2 fully saturated rings. The van der Waals surface area contributed by atoms with Crippen LogP contribution in [-0.4, -0.2) is 226 Å². The number of nitrogens with zero attached hydrogens (tertiary/aromatic N) is 4. The largest absolute Gasteiger partial charge is 0.441 e. The van der Waals surface area contributed by atoms with Gasteiger partial charge in [0.15, 0.2) is 18.7 Å². The van der Waals surface area contributed by atoms with Crippen LogP contribution in [0.5, 0.6) is 0 Å². The minimum Gasteiger partial charge on any atom is -0.441 e. The van der Waals surface area contributed by atoms with Gasteiger partial charge in [-0.2, -0.15) is 0 Å². The number of carbonyl (C=O) groups is 5. The van der Waals surface area contributed by atoms with Crippen LogP contribution in [-0.2, 0) is 60.9 Å². The summed E-state index contributed by atoms with van der Waals surface area (Å²) in [6.45, 7) is 2.78. The highest BCUT2D eigenvalue weighted by atomic mass is 32.2. The molecule has 28 nitrogen and oxygen atoms in total. The van der Waals surface area contributed by atoms with E-state index in [1.807, 2.05) is 91.0 Å². The maximum Gasteiger partial charge on any atom is 0.404 e. The number of aliphatic hydroxyl groups is 8. The molecule has 16 N–H and O–H groups in total. The quantitative estimate of drug-likeness (QED) is 0.0148. The molecule has 2 aliphatic heterocycles. The molecule has 5 heterocycles. The molecule has 5 amide bonds. The molecule has 0 spiro atoms. The van der Waals surface area contributed by atoms with Crippen LogP contribution in [0.3, 0.4) is 0 Å². The summed E-state index contributed by atoms with van der Waals surface area (Å²) in [6.07, 6.45) is -16.8. The van der Waals surface area contributed by atoms with Crippen molar-refractivity contribution < 1.29 is 88.5 Å². The van der Waals surface area contributed by atoms with Crippen LogP contribution in [0.15, 0.2) is 114 Å². The predicted octanol–water partition coefficient (Wildman–Crippen LogP) is -0.861. The molecule has 3 aromatic carbocycles. The number of thiazole rings is 2. The lowest BCUT2D eigenvalue weighted by atomic mass is 9.77. The van der Waals surface area contributed by atoms with Crippen LogP contribution in [0, 0.1) is 5.92 Å². The van der Waals surface area contributed by atoms with Gasteiger partial charge < -0.3 is 102 Å².